The third kappa shape index (κ3) is 4.13. The first kappa shape index (κ1) is 12.9. The van der Waals surface area contributed by atoms with Crippen molar-refractivity contribution in [2.45, 2.75) is 0 Å². The number of anilines is 1. The molecule has 16 heavy (non-hydrogen) atoms. The zero-order chi connectivity index (χ0) is 11.8. The molecule has 0 aliphatic carbocycles. The smallest absolute Gasteiger partial charge is 0.0991 e. The second kappa shape index (κ2) is 7.15. The summed E-state index contributed by atoms with van der Waals surface area (Å²) in [5.74, 6) is 0.751. The lowest BCUT2D eigenvalue weighted by atomic mass is 10.2. The molecule has 0 amide bonds. The van der Waals surface area contributed by atoms with Gasteiger partial charge in [0.2, 0.25) is 0 Å². The van der Waals surface area contributed by atoms with Gasteiger partial charge in [-0.1, -0.05) is 0 Å². The highest BCUT2D eigenvalue weighted by Gasteiger charge is 2.00. The van der Waals surface area contributed by atoms with E-state index in [2.05, 4.69) is 23.6 Å². The lowest BCUT2D eigenvalue weighted by Gasteiger charge is -2.19. The zero-order valence-electron chi connectivity index (χ0n) is 9.39. The second-order valence-corrected chi connectivity index (χ2v) is 3.86. The van der Waals surface area contributed by atoms with Gasteiger partial charge in [-0.15, -0.1) is 0 Å². The molecule has 1 aromatic carbocycles. The molecule has 1 aromatic rings. The Balaban J connectivity index is 2.40. The van der Waals surface area contributed by atoms with Crippen LogP contribution in [0.3, 0.4) is 0 Å². The van der Waals surface area contributed by atoms with Crippen LogP contribution in [0.5, 0.6) is 0 Å². The molecule has 0 atom stereocenters. The molecule has 0 saturated heterocycles. The topological polar surface area (TPSA) is 36.3 Å². The van der Waals surface area contributed by atoms with Gasteiger partial charge in [0, 0.05) is 25.0 Å². The third-order valence-electron chi connectivity index (χ3n) is 2.24. The predicted molar refractivity (Wildman–Crippen MR) is 69.1 cm³/mol. The summed E-state index contributed by atoms with van der Waals surface area (Å²) in [6, 6.07) is 9.62. The molecular weight excluding hydrogens is 220 g/mol. The van der Waals surface area contributed by atoms with E-state index in [0.29, 0.717) is 18.8 Å². The van der Waals surface area contributed by atoms with E-state index in [1.807, 2.05) is 31.3 Å². The monoisotopic (exact) mass is 236 g/mol. The average Bonchev–Trinajstić information content (AvgIpc) is 2.34. The number of nitrogens with zero attached hydrogens (tertiary/aromatic N) is 2. The van der Waals surface area contributed by atoms with Gasteiger partial charge in [-0.2, -0.15) is 17.9 Å². The number of benzene rings is 1. The SMILES string of the molecule is CN(CCOCCS)c1ccc(C#N)cc1. The average molecular weight is 236 g/mol. The van der Waals surface area contributed by atoms with Crippen LogP contribution in [0, 0.1) is 11.3 Å². The van der Waals surface area contributed by atoms with E-state index in [1.54, 1.807) is 0 Å². The maximum Gasteiger partial charge on any atom is 0.0991 e. The number of nitriles is 1. The number of hydrogen-bond donors (Lipinski definition) is 1. The molecule has 0 heterocycles. The van der Waals surface area contributed by atoms with Gasteiger partial charge in [0.05, 0.1) is 24.8 Å². The van der Waals surface area contributed by atoms with Crippen LogP contribution in [-0.4, -0.2) is 32.6 Å². The normalized spacial score (nSPS) is 9.81. The summed E-state index contributed by atoms with van der Waals surface area (Å²) in [6.45, 7) is 2.21. The summed E-state index contributed by atoms with van der Waals surface area (Å²) >= 11 is 4.07. The summed E-state index contributed by atoms with van der Waals surface area (Å²) in [5, 5.41) is 8.68. The van der Waals surface area contributed by atoms with Crippen LogP contribution in [0.25, 0.3) is 0 Å². The maximum absolute atomic E-state index is 8.68. The maximum atomic E-state index is 8.68. The van der Waals surface area contributed by atoms with Gasteiger partial charge in [0.15, 0.2) is 0 Å². The number of hydrogen-bond acceptors (Lipinski definition) is 4. The van der Waals surface area contributed by atoms with Crippen molar-refractivity contribution in [1.82, 2.24) is 0 Å². The molecule has 0 aliphatic heterocycles. The van der Waals surface area contributed by atoms with Gasteiger partial charge in [0.1, 0.15) is 0 Å². The molecule has 0 aliphatic rings. The molecule has 1 rings (SSSR count). The molecule has 4 heteroatoms. The summed E-state index contributed by atoms with van der Waals surface area (Å²) in [6.07, 6.45) is 0. The highest BCUT2D eigenvalue weighted by Crippen LogP contribution is 2.12. The summed E-state index contributed by atoms with van der Waals surface area (Å²) < 4.78 is 5.35. The molecule has 0 saturated carbocycles. The molecule has 0 unspecified atom stereocenters. The van der Waals surface area contributed by atoms with E-state index in [9.17, 15) is 0 Å². The fraction of sp³-hybridized carbons (Fsp3) is 0.417. The molecule has 0 bridgehead atoms. The van der Waals surface area contributed by atoms with E-state index in [4.69, 9.17) is 10.00 Å². The van der Waals surface area contributed by atoms with Crippen LogP contribution in [0.1, 0.15) is 5.56 Å². The number of thiol groups is 1. The molecule has 3 nitrogen and oxygen atoms in total. The first-order valence-corrected chi connectivity index (χ1v) is 5.81. The Hall–Kier alpha value is -1.18. The third-order valence-corrected chi connectivity index (χ3v) is 2.43. The van der Waals surface area contributed by atoms with Gasteiger partial charge in [-0.05, 0) is 24.3 Å². The van der Waals surface area contributed by atoms with Gasteiger partial charge >= 0.3 is 0 Å². The zero-order valence-corrected chi connectivity index (χ0v) is 10.3. The summed E-state index contributed by atoms with van der Waals surface area (Å²) in [7, 11) is 2.01. The van der Waals surface area contributed by atoms with Crippen molar-refractivity contribution in [2.75, 3.05) is 37.5 Å². The number of ether oxygens (including phenoxy) is 1. The standard InChI is InChI=1S/C12H16N2OS/c1-14(6-7-15-8-9-16)12-4-2-11(10-13)3-5-12/h2-5,16H,6-9H2,1H3. The Morgan fingerprint density at radius 3 is 2.56 bits per heavy atom. The van der Waals surface area contributed by atoms with Crippen molar-refractivity contribution >= 4 is 18.3 Å². The second-order valence-electron chi connectivity index (χ2n) is 3.42. The molecule has 0 N–H and O–H groups in total. The van der Waals surface area contributed by atoms with Crippen LogP contribution in [0.15, 0.2) is 24.3 Å². The molecule has 0 spiro atoms. The Morgan fingerprint density at radius 1 is 1.31 bits per heavy atom. The fourth-order valence-corrected chi connectivity index (χ4v) is 1.42. The van der Waals surface area contributed by atoms with Crippen LogP contribution in [0.2, 0.25) is 0 Å². The first-order chi connectivity index (χ1) is 7.77. The lowest BCUT2D eigenvalue weighted by Crippen LogP contribution is -2.22. The van der Waals surface area contributed by atoms with Crippen LogP contribution in [-0.2, 0) is 4.74 Å². The fourth-order valence-electron chi connectivity index (χ4n) is 1.29. The summed E-state index contributed by atoms with van der Waals surface area (Å²) in [4.78, 5) is 2.10. The number of rotatable bonds is 6. The summed E-state index contributed by atoms with van der Waals surface area (Å²) in [5.41, 5.74) is 1.77. The quantitative estimate of drug-likeness (QED) is 0.606. The first-order valence-electron chi connectivity index (χ1n) is 5.18. The van der Waals surface area contributed by atoms with Crippen LogP contribution >= 0.6 is 12.6 Å². The van der Waals surface area contributed by atoms with E-state index < -0.39 is 0 Å². The minimum absolute atomic E-state index is 0.684. The van der Waals surface area contributed by atoms with E-state index >= 15 is 0 Å². The van der Waals surface area contributed by atoms with Crippen molar-refractivity contribution in [3.8, 4) is 6.07 Å². The van der Waals surface area contributed by atoms with E-state index in [0.717, 1.165) is 18.0 Å². The van der Waals surface area contributed by atoms with Crippen molar-refractivity contribution in [3.05, 3.63) is 29.8 Å². The Kier molecular flexibility index (Phi) is 5.76. The molecule has 0 aromatic heterocycles. The Bertz CT molecular complexity index is 345. The van der Waals surface area contributed by atoms with Gasteiger partial charge in [-0.3, -0.25) is 0 Å². The van der Waals surface area contributed by atoms with Crippen LogP contribution in [0.4, 0.5) is 5.69 Å². The molecular formula is C12H16N2OS. The minimum atomic E-state index is 0.684. The van der Waals surface area contributed by atoms with Crippen molar-refractivity contribution in [2.24, 2.45) is 0 Å². The van der Waals surface area contributed by atoms with Crippen molar-refractivity contribution < 1.29 is 4.74 Å². The van der Waals surface area contributed by atoms with Gasteiger partial charge < -0.3 is 9.64 Å². The molecule has 0 fully saturated rings. The highest BCUT2D eigenvalue weighted by molar-refractivity contribution is 7.80. The molecule has 86 valence electrons. The van der Waals surface area contributed by atoms with E-state index in [1.165, 1.54) is 0 Å². The highest BCUT2D eigenvalue weighted by atomic mass is 32.1. The Labute approximate surface area is 102 Å². The minimum Gasteiger partial charge on any atom is -0.379 e. The van der Waals surface area contributed by atoms with Crippen LogP contribution < -0.4 is 4.90 Å². The predicted octanol–water partition coefficient (Wildman–Crippen LogP) is 1.94. The Morgan fingerprint density at radius 2 is 2.00 bits per heavy atom. The van der Waals surface area contributed by atoms with Gasteiger partial charge in [0.25, 0.3) is 0 Å². The number of likely N-dealkylation sites (N-methyl/N-ethyl adjacent to an activating group) is 1. The largest absolute Gasteiger partial charge is 0.379 e. The van der Waals surface area contributed by atoms with E-state index in [-0.39, 0.29) is 0 Å². The van der Waals surface area contributed by atoms with Crippen molar-refractivity contribution in [3.63, 3.8) is 0 Å². The molecule has 0 radical (unpaired) electrons. The lowest BCUT2D eigenvalue weighted by molar-refractivity contribution is 0.157. The van der Waals surface area contributed by atoms with Crippen molar-refractivity contribution in [1.29, 1.82) is 5.26 Å². The van der Waals surface area contributed by atoms with Gasteiger partial charge in [-0.25, -0.2) is 0 Å².